The van der Waals surface area contributed by atoms with Gasteiger partial charge in [0.1, 0.15) is 0 Å². The van der Waals surface area contributed by atoms with Gasteiger partial charge < -0.3 is 19.5 Å². The number of hydrogen-bond acceptors (Lipinski definition) is 4. The highest BCUT2D eigenvalue weighted by molar-refractivity contribution is 4.81. The zero-order chi connectivity index (χ0) is 12.6. The first-order chi connectivity index (χ1) is 8.14. The highest BCUT2D eigenvalue weighted by Gasteiger charge is 2.28. The average molecular weight is 245 g/mol. The molecule has 1 rings (SSSR count). The Kier molecular flexibility index (Phi) is 7.04. The molecule has 4 nitrogen and oxygen atoms in total. The molecule has 0 radical (unpaired) electrons. The van der Waals surface area contributed by atoms with Gasteiger partial charge in [-0.15, -0.1) is 0 Å². The molecule has 1 aliphatic heterocycles. The summed E-state index contributed by atoms with van der Waals surface area (Å²) in [5.41, 5.74) is -0.0795. The molecule has 1 saturated heterocycles. The van der Waals surface area contributed by atoms with Crippen molar-refractivity contribution in [1.82, 2.24) is 5.32 Å². The maximum Gasteiger partial charge on any atom is 0.0940 e. The molecule has 0 amide bonds. The zero-order valence-electron chi connectivity index (χ0n) is 11.5. The van der Waals surface area contributed by atoms with Crippen LogP contribution in [0.2, 0.25) is 0 Å². The van der Waals surface area contributed by atoms with E-state index < -0.39 is 0 Å². The van der Waals surface area contributed by atoms with Crippen molar-refractivity contribution in [3.05, 3.63) is 0 Å². The first kappa shape index (κ1) is 14.9. The van der Waals surface area contributed by atoms with E-state index in [1.165, 1.54) is 6.42 Å². The quantitative estimate of drug-likeness (QED) is 0.659. The van der Waals surface area contributed by atoms with Crippen molar-refractivity contribution >= 4 is 0 Å². The minimum Gasteiger partial charge on any atom is -0.379 e. The molecule has 1 unspecified atom stereocenters. The van der Waals surface area contributed by atoms with Gasteiger partial charge in [0, 0.05) is 19.7 Å². The lowest BCUT2D eigenvalue weighted by molar-refractivity contribution is -0.122. The van der Waals surface area contributed by atoms with Crippen molar-refractivity contribution < 1.29 is 14.2 Å². The van der Waals surface area contributed by atoms with Crippen molar-refractivity contribution in [3.63, 3.8) is 0 Å². The summed E-state index contributed by atoms with van der Waals surface area (Å²) in [5.74, 6) is 0. The van der Waals surface area contributed by atoms with E-state index >= 15 is 0 Å². The SMILES string of the molecule is CCCCOCCOCC1CNCC(C)(C)O1. The fraction of sp³-hybridized carbons (Fsp3) is 1.00. The lowest BCUT2D eigenvalue weighted by Crippen LogP contribution is -2.51. The molecule has 0 aromatic carbocycles. The van der Waals surface area contributed by atoms with E-state index in [4.69, 9.17) is 14.2 Å². The molecule has 4 heteroatoms. The van der Waals surface area contributed by atoms with E-state index in [1.54, 1.807) is 0 Å². The second kappa shape index (κ2) is 8.03. The van der Waals surface area contributed by atoms with Crippen LogP contribution >= 0.6 is 0 Å². The van der Waals surface area contributed by atoms with Crippen molar-refractivity contribution in [2.75, 3.05) is 39.5 Å². The van der Waals surface area contributed by atoms with Crippen LogP contribution in [0.4, 0.5) is 0 Å². The number of morpholine rings is 1. The standard InChI is InChI=1S/C13H27NO3/c1-4-5-6-15-7-8-16-10-12-9-14-11-13(2,3)17-12/h12,14H,4-11H2,1-3H3. The Morgan fingerprint density at radius 3 is 2.71 bits per heavy atom. The zero-order valence-corrected chi connectivity index (χ0v) is 11.5. The third-order valence-electron chi connectivity index (χ3n) is 2.73. The molecule has 1 heterocycles. The van der Waals surface area contributed by atoms with E-state index in [9.17, 15) is 0 Å². The Morgan fingerprint density at radius 2 is 2.00 bits per heavy atom. The second-order valence-corrected chi connectivity index (χ2v) is 5.17. The molecule has 0 spiro atoms. The number of ether oxygens (including phenoxy) is 3. The largest absolute Gasteiger partial charge is 0.379 e. The summed E-state index contributed by atoms with van der Waals surface area (Å²) < 4.78 is 16.9. The number of hydrogen-bond donors (Lipinski definition) is 1. The number of rotatable bonds is 8. The minimum absolute atomic E-state index is 0.0795. The van der Waals surface area contributed by atoms with Crippen LogP contribution in [0.25, 0.3) is 0 Å². The van der Waals surface area contributed by atoms with E-state index in [0.29, 0.717) is 19.8 Å². The van der Waals surface area contributed by atoms with Crippen molar-refractivity contribution in [2.45, 2.75) is 45.3 Å². The highest BCUT2D eigenvalue weighted by atomic mass is 16.6. The van der Waals surface area contributed by atoms with Crippen LogP contribution in [0, 0.1) is 0 Å². The Balaban J connectivity index is 1.95. The van der Waals surface area contributed by atoms with Gasteiger partial charge in [0.15, 0.2) is 0 Å². The Bertz CT molecular complexity index is 197. The normalized spacial score (nSPS) is 23.8. The van der Waals surface area contributed by atoms with Gasteiger partial charge >= 0.3 is 0 Å². The van der Waals surface area contributed by atoms with Gasteiger partial charge in [0.2, 0.25) is 0 Å². The van der Waals surface area contributed by atoms with Crippen LogP contribution in [-0.4, -0.2) is 51.2 Å². The summed E-state index contributed by atoms with van der Waals surface area (Å²) in [6, 6.07) is 0. The van der Waals surface area contributed by atoms with Gasteiger partial charge in [-0.25, -0.2) is 0 Å². The summed E-state index contributed by atoms with van der Waals surface area (Å²) in [4.78, 5) is 0. The topological polar surface area (TPSA) is 39.7 Å². The Morgan fingerprint density at radius 1 is 1.24 bits per heavy atom. The summed E-state index contributed by atoms with van der Waals surface area (Å²) in [6.07, 6.45) is 2.47. The summed E-state index contributed by atoms with van der Waals surface area (Å²) >= 11 is 0. The fourth-order valence-corrected chi connectivity index (χ4v) is 1.84. The fourth-order valence-electron chi connectivity index (χ4n) is 1.84. The monoisotopic (exact) mass is 245 g/mol. The van der Waals surface area contributed by atoms with Gasteiger partial charge in [-0.1, -0.05) is 13.3 Å². The van der Waals surface area contributed by atoms with E-state index in [0.717, 1.165) is 26.1 Å². The lowest BCUT2D eigenvalue weighted by atomic mass is 10.1. The number of unbranched alkanes of at least 4 members (excludes halogenated alkanes) is 1. The van der Waals surface area contributed by atoms with Crippen LogP contribution in [0.5, 0.6) is 0 Å². The maximum absolute atomic E-state index is 5.89. The molecular formula is C13H27NO3. The van der Waals surface area contributed by atoms with Gasteiger partial charge in [0.25, 0.3) is 0 Å². The molecule has 1 atom stereocenters. The molecule has 0 aromatic heterocycles. The molecule has 17 heavy (non-hydrogen) atoms. The lowest BCUT2D eigenvalue weighted by Gasteiger charge is -2.36. The predicted molar refractivity (Wildman–Crippen MR) is 68.4 cm³/mol. The molecule has 0 saturated carbocycles. The van der Waals surface area contributed by atoms with E-state index in [2.05, 4.69) is 26.1 Å². The Hall–Kier alpha value is -0.160. The summed E-state index contributed by atoms with van der Waals surface area (Å²) in [7, 11) is 0. The molecule has 0 aromatic rings. The van der Waals surface area contributed by atoms with E-state index in [1.807, 2.05) is 0 Å². The Labute approximate surface area is 105 Å². The highest BCUT2D eigenvalue weighted by Crippen LogP contribution is 2.15. The maximum atomic E-state index is 5.89. The number of nitrogens with one attached hydrogen (secondary N) is 1. The molecule has 1 fully saturated rings. The van der Waals surface area contributed by atoms with Crippen molar-refractivity contribution in [1.29, 1.82) is 0 Å². The minimum atomic E-state index is -0.0795. The second-order valence-electron chi connectivity index (χ2n) is 5.17. The summed E-state index contributed by atoms with van der Waals surface area (Å²) in [5, 5.41) is 3.36. The molecule has 0 aliphatic carbocycles. The van der Waals surface area contributed by atoms with Gasteiger partial charge in [0.05, 0.1) is 31.5 Å². The third-order valence-corrected chi connectivity index (χ3v) is 2.73. The van der Waals surface area contributed by atoms with Crippen LogP contribution in [0.1, 0.15) is 33.6 Å². The van der Waals surface area contributed by atoms with Gasteiger partial charge in [-0.05, 0) is 20.3 Å². The van der Waals surface area contributed by atoms with Crippen molar-refractivity contribution in [2.24, 2.45) is 0 Å². The van der Waals surface area contributed by atoms with Crippen LogP contribution in [0.3, 0.4) is 0 Å². The molecule has 1 N–H and O–H groups in total. The van der Waals surface area contributed by atoms with Crippen molar-refractivity contribution in [3.8, 4) is 0 Å². The summed E-state index contributed by atoms with van der Waals surface area (Å²) in [6.45, 7) is 11.0. The third kappa shape index (κ3) is 6.99. The van der Waals surface area contributed by atoms with Crippen LogP contribution in [0.15, 0.2) is 0 Å². The average Bonchev–Trinajstić information content (AvgIpc) is 2.27. The van der Waals surface area contributed by atoms with Gasteiger partial charge in [-0.2, -0.15) is 0 Å². The molecular weight excluding hydrogens is 218 g/mol. The van der Waals surface area contributed by atoms with Crippen LogP contribution < -0.4 is 5.32 Å². The first-order valence-corrected chi connectivity index (χ1v) is 6.68. The first-order valence-electron chi connectivity index (χ1n) is 6.68. The van der Waals surface area contributed by atoms with E-state index in [-0.39, 0.29) is 11.7 Å². The smallest absolute Gasteiger partial charge is 0.0940 e. The molecule has 0 bridgehead atoms. The molecule has 1 aliphatic rings. The molecule has 102 valence electrons. The predicted octanol–water partition coefficient (Wildman–Crippen LogP) is 1.59. The van der Waals surface area contributed by atoms with Crippen LogP contribution in [-0.2, 0) is 14.2 Å². The van der Waals surface area contributed by atoms with Gasteiger partial charge in [-0.3, -0.25) is 0 Å².